The third-order valence-electron chi connectivity index (χ3n) is 1.78. The van der Waals surface area contributed by atoms with Crippen LogP contribution in [0.15, 0.2) is 16.4 Å². The largest absolute Gasteiger partial charge is 0.155 e. The van der Waals surface area contributed by atoms with Crippen LogP contribution in [0.5, 0.6) is 0 Å². The van der Waals surface area contributed by atoms with Crippen molar-refractivity contribution in [2.24, 2.45) is 5.10 Å². The number of hydrogen-bond donors (Lipinski definition) is 0. The fourth-order valence-electron chi connectivity index (χ4n) is 0.968. The van der Waals surface area contributed by atoms with Gasteiger partial charge in [0.05, 0.1) is 11.4 Å². The van der Waals surface area contributed by atoms with E-state index < -0.39 is 0 Å². The van der Waals surface area contributed by atoms with Gasteiger partial charge < -0.3 is 0 Å². The summed E-state index contributed by atoms with van der Waals surface area (Å²) in [5, 5.41) is 4.06. The molecule has 0 saturated heterocycles. The topological polar surface area (TPSA) is 26.5 Å². The monoisotopic (exact) mass is 137 g/mol. The zero-order valence-electron chi connectivity index (χ0n) is 6.81. The molecule has 2 nitrogen and oxygen atoms in total. The molecule has 0 atom stereocenters. The average Bonchev–Trinajstić information content (AvgIpc) is 2.20. The van der Waals surface area contributed by atoms with E-state index in [1.165, 1.54) is 11.3 Å². The first-order chi connectivity index (χ1) is 4.75. The number of nitrogens with zero attached hydrogens (tertiary/aromatic N) is 2. The van der Waals surface area contributed by atoms with Gasteiger partial charge in [0, 0.05) is 0 Å². The second-order valence-corrected chi connectivity index (χ2v) is 2.61. The lowest BCUT2D eigenvalue weighted by molar-refractivity contribution is 0.882. The molecule has 0 aromatic carbocycles. The molecule has 0 unspecified atom stereocenters. The molecule has 0 aromatic heterocycles. The van der Waals surface area contributed by atoms with Crippen LogP contribution in [0.25, 0.3) is 0 Å². The van der Waals surface area contributed by atoms with Gasteiger partial charge in [-0.3, -0.25) is 0 Å². The first-order valence-electron chi connectivity index (χ1n) is 3.71. The van der Waals surface area contributed by atoms with Crippen LogP contribution >= 0.6 is 0 Å². The van der Waals surface area contributed by atoms with Crippen molar-refractivity contribution in [2.75, 3.05) is 0 Å². The van der Waals surface area contributed by atoms with Crippen molar-refractivity contribution >= 4 is 5.71 Å². The van der Waals surface area contributed by atoms with Crippen molar-refractivity contribution in [3.8, 4) is 0 Å². The maximum absolute atomic E-state index is 4.06. The summed E-state index contributed by atoms with van der Waals surface area (Å²) in [6.45, 7) is 6.24. The Morgan fingerprint density at radius 1 is 1.30 bits per heavy atom. The summed E-state index contributed by atoms with van der Waals surface area (Å²) < 4.78 is 0. The lowest BCUT2D eigenvalue weighted by atomic mass is 10.1. The highest BCUT2D eigenvalue weighted by Gasteiger charge is 2.11. The van der Waals surface area contributed by atoms with Gasteiger partial charge in [-0.05, 0) is 25.8 Å². The standard InChI is InChI=1S/C8H13N2/c1-4-5-8-6(2)7(3)9-10-8/h4-5H2,1-3H3. The quantitative estimate of drug-likeness (QED) is 0.557. The zero-order chi connectivity index (χ0) is 7.56. The maximum atomic E-state index is 4.06. The number of allylic oxidation sites excluding steroid dienone is 2. The normalized spacial score (nSPS) is 17.3. The van der Waals surface area contributed by atoms with Crippen molar-refractivity contribution in [3.05, 3.63) is 11.3 Å². The molecule has 1 heterocycles. The van der Waals surface area contributed by atoms with E-state index in [-0.39, 0.29) is 0 Å². The molecule has 1 aliphatic rings. The molecule has 1 aliphatic heterocycles. The Bertz CT molecular complexity index is 189. The van der Waals surface area contributed by atoms with E-state index in [0.29, 0.717) is 0 Å². The van der Waals surface area contributed by atoms with Crippen LogP contribution in [0.2, 0.25) is 0 Å². The van der Waals surface area contributed by atoms with Crippen molar-refractivity contribution in [1.82, 2.24) is 5.43 Å². The first kappa shape index (κ1) is 7.32. The second kappa shape index (κ2) is 2.86. The summed E-state index contributed by atoms with van der Waals surface area (Å²) >= 11 is 0. The molecule has 0 aliphatic carbocycles. The maximum Gasteiger partial charge on any atom is 0.0678 e. The number of rotatable bonds is 2. The van der Waals surface area contributed by atoms with Gasteiger partial charge in [-0.15, -0.1) is 0 Å². The lowest BCUT2D eigenvalue weighted by Gasteiger charge is -1.95. The van der Waals surface area contributed by atoms with Crippen LogP contribution in [0.4, 0.5) is 0 Å². The summed E-state index contributed by atoms with van der Waals surface area (Å²) in [5.74, 6) is 0. The molecular weight excluding hydrogens is 124 g/mol. The number of hydrogen-bond acceptors (Lipinski definition) is 1. The van der Waals surface area contributed by atoms with Gasteiger partial charge in [0.15, 0.2) is 0 Å². The third kappa shape index (κ3) is 1.20. The second-order valence-electron chi connectivity index (χ2n) is 2.61. The lowest BCUT2D eigenvalue weighted by Crippen LogP contribution is -1.95. The summed E-state index contributed by atoms with van der Waals surface area (Å²) in [4.78, 5) is 0. The molecule has 0 aromatic rings. The molecule has 0 N–H and O–H groups in total. The fraction of sp³-hybridized carbons (Fsp3) is 0.625. The Balaban J connectivity index is 2.63. The summed E-state index contributed by atoms with van der Waals surface area (Å²) in [6.07, 6.45) is 2.21. The van der Waals surface area contributed by atoms with Crippen molar-refractivity contribution in [2.45, 2.75) is 33.6 Å². The summed E-state index contributed by atoms with van der Waals surface area (Å²) in [6, 6.07) is 0. The van der Waals surface area contributed by atoms with Gasteiger partial charge in [0.2, 0.25) is 0 Å². The van der Waals surface area contributed by atoms with E-state index in [2.05, 4.69) is 24.4 Å². The predicted molar refractivity (Wildman–Crippen MR) is 42.9 cm³/mol. The Hall–Kier alpha value is -0.790. The van der Waals surface area contributed by atoms with Gasteiger partial charge in [-0.1, -0.05) is 13.3 Å². The molecule has 0 saturated carbocycles. The van der Waals surface area contributed by atoms with Gasteiger partial charge >= 0.3 is 0 Å². The fourth-order valence-corrected chi connectivity index (χ4v) is 0.968. The zero-order valence-corrected chi connectivity index (χ0v) is 6.81. The molecule has 0 spiro atoms. The van der Waals surface area contributed by atoms with Gasteiger partial charge in [0.1, 0.15) is 0 Å². The van der Waals surface area contributed by atoms with E-state index in [0.717, 1.165) is 18.5 Å². The SMILES string of the molecule is CCCC1=N[N]C(C)=C1C. The van der Waals surface area contributed by atoms with Gasteiger partial charge in [-0.2, -0.15) is 10.5 Å². The van der Waals surface area contributed by atoms with E-state index in [1.807, 2.05) is 6.92 Å². The first-order valence-corrected chi connectivity index (χ1v) is 3.71. The van der Waals surface area contributed by atoms with E-state index in [1.54, 1.807) is 0 Å². The Kier molecular flexibility index (Phi) is 2.10. The van der Waals surface area contributed by atoms with Gasteiger partial charge in [-0.25, -0.2) is 0 Å². The van der Waals surface area contributed by atoms with Crippen molar-refractivity contribution in [3.63, 3.8) is 0 Å². The minimum absolute atomic E-state index is 1.06. The van der Waals surface area contributed by atoms with Crippen molar-refractivity contribution < 1.29 is 0 Å². The highest BCUT2D eigenvalue weighted by Crippen LogP contribution is 2.14. The minimum atomic E-state index is 1.06. The van der Waals surface area contributed by atoms with E-state index in [9.17, 15) is 0 Å². The Morgan fingerprint density at radius 2 is 2.00 bits per heavy atom. The molecule has 0 fully saturated rings. The van der Waals surface area contributed by atoms with Crippen LogP contribution < -0.4 is 5.43 Å². The average molecular weight is 137 g/mol. The van der Waals surface area contributed by atoms with E-state index >= 15 is 0 Å². The molecular formula is C8H13N2. The molecule has 1 rings (SSSR count). The minimum Gasteiger partial charge on any atom is -0.155 e. The van der Waals surface area contributed by atoms with E-state index in [4.69, 9.17) is 0 Å². The predicted octanol–water partition coefficient (Wildman–Crippen LogP) is 2.05. The van der Waals surface area contributed by atoms with Crippen LogP contribution in [0.3, 0.4) is 0 Å². The molecule has 2 heteroatoms. The Morgan fingerprint density at radius 3 is 2.40 bits per heavy atom. The molecule has 1 radical (unpaired) electrons. The molecule has 55 valence electrons. The molecule has 10 heavy (non-hydrogen) atoms. The van der Waals surface area contributed by atoms with Crippen LogP contribution in [-0.4, -0.2) is 5.71 Å². The highest BCUT2D eigenvalue weighted by atomic mass is 15.3. The smallest absolute Gasteiger partial charge is 0.0678 e. The van der Waals surface area contributed by atoms with Crippen LogP contribution in [-0.2, 0) is 0 Å². The highest BCUT2D eigenvalue weighted by molar-refractivity contribution is 6.01. The Labute approximate surface area is 62.0 Å². The van der Waals surface area contributed by atoms with Crippen LogP contribution in [0.1, 0.15) is 33.6 Å². The van der Waals surface area contributed by atoms with Crippen LogP contribution in [0, 0.1) is 0 Å². The van der Waals surface area contributed by atoms with Crippen molar-refractivity contribution in [1.29, 1.82) is 0 Å². The molecule has 0 amide bonds. The van der Waals surface area contributed by atoms with Gasteiger partial charge in [0.25, 0.3) is 0 Å². The summed E-state index contributed by atoms with van der Waals surface area (Å²) in [5.41, 5.74) is 7.49. The molecule has 0 bridgehead atoms. The third-order valence-corrected chi connectivity index (χ3v) is 1.78. The summed E-state index contributed by atoms with van der Waals surface area (Å²) in [7, 11) is 0.